The fraction of sp³-hybridized carbons (Fsp3) is 0.155. The van der Waals surface area contributed by atoms with Gasteiger partial charge in [0, 0.05) is 129 Å². The smallest absolute Gasteiger partial charge is 0.255 e. The summed E-state index contributed by atoms with van der Waals surface area (Å²) in [6.45, 7) is 13.3. The van der Waals surface area contributed by atoms with Crippen LogP contribution in [0, 0.1) is 41.5 Å². The average molecular weight is 2090 g/mol. The van der Waals surface area contributed by atoms with Crippen LogP contribution in [0.25, 0.3) is 112 Å². The number of fused-ring (bicyclic) bond motifs is 6. The zero-order valence-corrected chi connectivity index (χ0v) is 86.8. The standard InChI is InChI=1S/C25H21ClN2O3.C24H20Cl2N2O3.C23H20ClN3O3.C22H18ClN3O3.C22H18ClN3O/c1-14-9-20-21(10-15(14)2)28-25(27-20)18-11-16(3-5-19(18)26)12-22(29)17-4-6-23-24(13-17)31-8-7-30-23;1-13-6-21-22(12-20(13)26)28-24(27-21)18-7-14(4-5-19(18)25)8-23(29)15-9-16(30-2)11-17(10-15)31-3;1-13-4-7-20-21(8-13)27-22(26-20)18-11-15(5-6-19(18)24)25-23(28)14-9-16(29-2)12-17(10-14)30-3;1-28-15-10-14(11-16(12-15)29-2)20(27)9-13-5-6-18(23)17(8-13)21-25-19-4-3-7-24-22(19)26-21;1-13-8-19-20(9-14(13)2)26-22(25-19)17-10-15(5-6-18(17)23)11-21(27)16-4-3-7-24-12-16/h3-6,9-11,13H,7-8,12H2,1-2H3,(H,27,28);4-7,9-12H,8H2,1-3H3,(H,27,28);4-12H,1-3H3,(H,25,28)(H,26,27);3-8,10-12H,9H2,1-2H3,(H,24,25,26);3-10,12H,11H2,1-2H3,(H,25,26). The summed E-state index contributed by atoms with van der Waals surface area (Å²) in [4.78, 5) is 112. The van der Waals surface area contributed by atoms with Crippen molar-refractivity contribution in [1.82, 2.24) is 59.8 Å². The van der Waals surface area contributed by atoms with Gasteiger partial charge in [0.2, 0.25) is 0 Å². The molecule has 26 nitrogen and oxygen atoms in total. The molecule has 0 saturated carbocycles. The highest BCUT2D eigenvalue weighted by Gasteiger charge is 2.24. The minimum absolute atomic E-state index is 0.00102. The molecule has 6 N–H and O–H groups in total. The second kappa shape index (κ2) is 46.0. The molecule has 21 rings (SSSR count). The third kappa shape index (κ3) is 24.4. The molecule has 0 aliphatic carbocycles. The van der Waals surface area contributed by atoms with E-state index in [-0.39, 0.29) is 54.7 Å². The molecule has 0 atom stereocenters. The number of amides is 1. The van der Waals surface area contributed by atoms with Crippen LogP contribution < -0.4 is 43.2 Å². The van der Waals surface area contributed by atoms with Gasteiger partial charge in [-0.2, -0.15) is 0 Å². The van der Waals surface area contributed by atoms with Crippen LogP contribution in [-0.2, 0) is 25.7 Å². The van der Waals surface area contributed by atoms with Crippen LogP contribution >= 0.6 is 69.6 Å². The Balaban J connectivity index is 0.000000126. The summed E-state index contributed by atoms with van der Waals surface area (Å²) in [6, 6.07) is 73.4. The number of nitrogens with zero attached hydrogens (tertiary/aromatic N) is 7. The maximum atomic E-state index is 12.9. The summed E-state index contributed by atoms with van der Waals surface area (Å²) in [5.74, 6) is 7.52. The maximum absolute atomic E-state index is 12.9. The summed E-state index contributed by atoms with van der Waals surface area (Å²) in [7, 11) is 9.29. The Morgan fingerprint density at radius 1 is 0.311 bits per heavy atom. The van der Waals surface area contributed by atoms with Crippen LogP contribution in [0.15, 0.2) is 261 Å². The number of methoxy groups -OCH3 is 6. The lowest BCUT2D eigenvalue weighted by molar-refractivity contribution is 0.0983. The number of aromatic amines is 5. The molecule has 0 spiro atoms. The van der Waals surface area contributed by atoms with Gasteiger partial charge in [-0.3, -0.25) is 29.0 Å². The van der Waals surface area contributed by atoms with E-state index in [1.165, 1.54) is 36.5 Å². The number of carbonyl (C=O) groups is 5. The maximum Gasteiger partial charge on any atom is 0.255 e. The highest BCUT2D eigenvalue weighted by Crippen LogP contribution is 2.40. The molecule has 8 heterocycles. The number of halogens is 6. The molecule has 7 aromatic heterocycles. The fourth-order valence-electron chi connectivity index (χ4n) is 16.5. The summed E-state index contributed by atoms with van der Waals surface area (Å²) >= 11 is 38.4. The predicted octanol–water partition coefficient (Wildman–Crippen LogP) is 27.5. The Labute approximate surface area is 881 Å². The molecule has 1 aliphatic heterocycles. The number of hydrogen-bond donors (Lipinski definition) is 6. The Morgan fingerprint density at radius 3 is 1.12 bits per heavy atom. The van der Waals surface area contributed by atoms with Gasteiger partial charge in [-0.05, 0) is 291 Å². The van der Waals surface area contributed by atoms with Crippen LogP contribution in [0.4, 0.5) is 5.69 Å². The van der Waals surface area contributed by atoms with E-state index in [4.69, 9.17) is 112 Å². The molecular formula is C116H97Cl6N13O13. The topological polar surface area (TPSA) is 340 Å². The highest BCUT2D eigenvalue weighted by molar-refractivity contribution is 6.35. The Bertz CT molecular complexity index is 8270. The molecule has 1 aliphatic rings. The van der Waals surface area contributed by atoms with Gasteiger partial charge < -0.3 is 68.1 Å². The van der Waals surface area contributed by atoms with Crippen LogP contribution in [0.1, 0.15) is 107 Å². The molecule has 746 valence electrons. The molecule has 0 radical (unpaired) electrons. The molecule has 32 heteroatoms. The molecule has 148 heavy (non-hydrogen) atoms. The first-order chi connectivity index (χ1) is 71.4. The van der Waals surface area contributed by atoms with Crippen molar-refractivity contribution in [2.75, 3.05) is 61.2 Å². The van der Waals surface area contributed by atoms with Gasteiger partial charge in [0.1, 0.15) is 76.8 Å². The molecule has 0 saturated heterocycles. The third-order valence-corrected chi connectivity index (χ3v) is 26.8. The number of aryl methyl sites for hydroxylation is 6. The number of aromatic nitrogens is 12. The number of H-pyrrole nitrogens is 5. The van der Waals surface area contributed by atoms with Crippen molar-refractivity contribution >= 4 is 160 Å². The van der Waals surface area contributed by atoms with E-state index < -0.39 is 0 Å². The van der Waals surface area contributed by atoms with Crippen molar-refractivity contribution in [2.24, 2.45) is 0 Å². The van der Waals surface area contributed by atoms with E-state index in [1.54, 1.807) is 162 Å². The van der Waals surface area contributed by atoms with Crippen LogP contribution in [0.3, 0.4) is 0 Å². The lowest BCUT2D eigenvalue weighted by atomic mass is 10.0. The predicted molar refractivity (Wildman–Crippen MR) is 584 cm³/mol. The summed E-state index contributed by atoms with van der Waals surface area (Å²) in [6.07, 6.45) is 5.87. The lowest BCUT2D eigenvalue weighted by Crippen LogP contribution is -2.16. The number of benzene rings is 13. The number of ketones is 4. The normalized spacial score (nSPS) is 11.3. The van der Waals surface area contributed by atoms with Crippen LogP contribution in [0.2, 0.25) is 30.1 Å². The Hall–Kier alpha value is -16.2. The van der Waals surface area contributed by atoms with Gasteiger partial charge in [0.05, 0.1) is 117 Å². The van der Waals surface area contributed by atoms with Gasteiger partial charge in [-0.15, -0.1) is 0 Å². The number of ether oxygens (including phenoxy) is 8. The molecule has 0 bridgehead atoms. The molecule has 0 unspecified atom stereocenters. The minimum Gasteiger partial charge on any atom is -0.497 e. The first-order valence-electron chi connectivity index (χ1n) is 46.7. The first kappa shape index (κ1) is 103. The Morgan fingerprint density at radius 2 is 0.682 bits per heavy atom. The van der Waals surface area contributed by atoms with E-state index in [9.17, 15) is 24.0 Å². The van der Waals surface area contributed by atoms with E-state index in [0.717, 1.165) is 105 Å². The summed E-state index contributed by atoms with van der Waals surface area (Å²) in [5.41, 5.74) is 25.8. The lowest BCUT2D eigenvalue weighted by Gasteiger charge is -2.18. The number of hydrogen-bond acceptors (Lipinski definition) is 20. The molecule has 20 aromatic rings. The third-order valence-electron chi connectivity index (χ3n) is 24.7. The Kier molecular flexibility index (Phi) is 32.1. The van der Waals surface area contributed by atoms with Gasteiger partial charge in [0.15, 0.2) is 40.3 Å². The van der Waals surface area contributed by atoms with Crippen molar-refractivity contribution in [3.63, 3.8) is 0 Å². The number of carbonyl (C=O) groups excluding carboxylic acids is 5. The average Bonchev–Trinajstić information content (AvgIpc) is 1.62. The van der Waals surface area contributed by atoms with E-state index in [2.05, 4.69) is 112 Å². The quantitative estimate of drug-likeness (QED) is 0.0289. The van der Waals surface area contributed by atoms with Crippen molar-refractivity contribution in [3.05, 3.63) is 375 Å². The largest absolute Gasteiger partial charge is 0.497 e. The molecular weight excluding hydrogens is 2000 g/mol. The zero-order valence-electron chi connectivity index (χ0n) is 82.3. The van der Waals surface area contributed by atoms with Crippen molar-refractivity contribution in [3.8, 4) is 103 Å². The number of anilines is 1. The summed E-state index contributed by atoms with van der Waals surface area (Å²) in [5, 5.41) is 6.35. The second-order valence-corrected chi connectivity index (χ2v) is 37.5. The number of imidazole rings is 5. The number of Topliss-reactive ketones (excluding diaryl/α,β-unsaturated/α-hetero) is 4. The van der Waals surface area contributed by atoms with Crippen molar-refractivity contribution in [2.45, 2.75) is 67.2 Å². The SMILES string of the molecule is COc1cc(OC)cc(C(=O)Cc2ccc(Cl)c(-c3nc4cc(Cl)c(C)cc4[nH]3)c2)c1.COc1cc(OC)cc(C(=O)Cc2ccc(Cl)c(-c3nc4ncccc4[nH]3)c2)c1.COc1cc(OC)cc(C(=O)Nc2ccc(Cl)c(-c3nc4ccc(C)cc4[nH]3)c2)c1.Cc1cc2nc(-c3cc(CC(=O)c4ccc5c(c4)OCCO5)ccc3Cl)[nH]c2cc1C.Cc1cc2nc(-c3cc(CC(=O)c4cccnc4)ccc3Cl)[nH]c2cc1C. The fourth-order valence-corrected chi connectivity index (χ4v) is 17.7. The zero-order chi connectivity index (χ0) is 104. The summed E-state index contributed by atoms with van der Waals surface area (Å²) < 4.78 is 42.6. The van der Waals surface area contributed by atoms with Crippen LogP contribution in [-0.4, -0.2) is 145 Å². The number of nitrogens with one attached hydrogen (secondary N) is 6. The van der Waals surface area contributed by atoms with Crippen LogP contribution in [0.5, 0.6) is 46.0 Å². The number of rotatable bonds is 25. The monoisotopic (exact) mass is 2090 g/mol. The minimum atomic E-state index is -0.291. The van der Waals surface area contributed by atoms with Gasteiger partial charge in [-0.25, -0.2) is 29.9 Å². The highest BCUT2D eigenvalue weighted by atomic mass is 35.5. The second-order valence-electron chi connectivity index (χ2n) is 35.1. The molecule has 0 fully saturated rings. The van der Waals surface area contributed by atoms with Crippen molar-refractivity contribution < 1.29 is 61.9 Å². The van der Waals surface area contributed by atoms with E-state index in [1.807, 2.05) is 117 Å². The molecule has 13 aromatic carbocycles. The van der Waals surface area contributed by atoms with E-state index >= 15 is 0 Å². The van der Waals surface area contributed by atoms with Gasteiger partial charge >= 0.3 is 0 Å². The molecule has 1 amide bonds. The van der Waals surface area contributed by atoms with E-state index in [0.29, 0.717) is 163 Å². The first-order valence-corrected chi connectivity index (χ1v) is 48.9. The van der Waals surface area contributed by atoms with Crippen molar-refractivity contribution in [1.29, 1.82) is 0 Å². The van der Waals surface area contributed by atoms with Gasteiger partial charge in [-0.1, -0.05) is 99.9 Å². The van der Waals surface area contributed by atoms with Gasteiger partial charge in [0.25, 0.3) is 5.91 Å². The number of pyridine rings is 2.